The number of hydrogen-bond acceptors (Lipinski definition) is 7. The van der Waals surface area contributed by atoms with Crippen molar-refractivity contribution >= 4 is 29.2 Å². The van der Waals surface area contributed by atoms with E-state index in [1.165, 1.54) is 11.0 Å². The molecule has 0 bridgehead atoms. The van der Waals surface area contributed by atoms with Gasteiger partial charge in [-0.1, -0.05) is 17.7 Å². The zero-order chi connectivity index (χ0) is 29.8. The number of amides is 2. The molecule has 1 aliphatic heterocycles. The molecule has 2 aromatic heterocycles. The number of pyridine rings is 2. The van der Waals surface area contributed by atoms with Crippen molar-refractivity contribution in [1.82, 2.24) is 19.8 Å². The monoisotopic (exact) mass is 597 g/mol. The second-order valence-corrected chi connectivity index (χ2v) is 10.8. The Labute approximate surface area is 247 Å². The number of nitrogens with one attached hydrogen (secondary N) is 2. The van der Waals surface area contributed by atoms with Crippen LogP contribution >= 0.6 is 11.6 Å². The lowest BCUT2D eigenvalue weighted by Crippen LogP contribution is -2.51. The third-order valence-electron chi connectivity index (χ3n) is 7.08. The van der Waals surface area contributed by atoms with Crippen molar-refractivity contribution < 1.29 is 23.5 Å². The largest absolute Gasteiger partial charge is 0.478 e. The molecular formula is C30H33ClFN5O5. The minimum atomic E-state index is -1.05. The van der Waals surface area contributed by atoms with E-state index in [9.17, 15) is 18.8 Å². The number of carbonyl (C=O) groups is 2. The lowest BCUT2D eigenvalue weighted by molar-refractivity contribution is 0.0401. The Kier molecular flexibility index (Phi) is 9.20. The standard InChI is InChI=1S/C30H33ClFN5O5/c1-3-42-27-12-19(23-7-4-20(31)13-24(23)29(39)36-16-21(32)17-36)11-26(34-27)35-28(38)25-10-18(14-33-8-9-41-2)15-37(30(25)40)22-5-6-22/h4,7,10-13,15,21-22,33H,3,5-6,8-9,14,16-17H2,1-2H3,(H,34,35,38). The Morgan fingerprint density at radius 1 is 1.14 bits per heavy atom. The molecule has 42 heavy (non-hydrogen) atoms. The number of aromatic nitrogens is 2. The number of alkyl halides is 1. The van der Waals surface area contributed by atoms with Gasteiger partial charge in [0.25, 0.3) is 17.4 Å². The minimum absolute atomic E-state index is 0.000903. The van der Waals surface area contributed by atoms with Crippen molar-refractivity contribution in [3.8, 4) is 17.0 Å². The van der Waals surface area contributed by atoms with E-state index in [0.29, 0.717) is 48.0 Å². The SMILES string of the molecule is CCOc1cc(-c2ccc(Cl)cc2C(=O)N2CC(F)C2)cc(NC(=O)c2cc(CNCCOC)cn(C3CC3)c2=O)n1. The van der Waals surface area contributed by atoms with Gasteiger partial charge in [0.1, 0.15) is 17.6 Å². The summed E-state index contributed by atoms with van der Waals surface area (Å²) in [6.07, 6.45) is 2.52. The highest BCUT2D eigenvalue weighted by Gasteiger charge is 2.32. The summed E-state index contributed by atoms with van der Waals surface area (Å²) in [5, 5.41) is 6.36. The van der Waals surface area contributed by atoms with Gasteiger partial charge < -0.3 is 29.6 Å². The molecule has 5 rings (SSSR count). The van der Waals surface area contributed by atoms with Crippen molar-refractivity contribution in [3.05, 3.63) is 74.7 Å². The van der Waals surface area contributed by atoms with Crippen molar-refractivity contribution in [1.29, 1.82) is 0 Å². The highest BCUT2D eigenvalue weighted by Crippen LogP contribution is 2.34. The van der Waals surface area contributed by atoms with E-state index in [0.717, 1.165) is 18.4 Å². The first-order valence-corrected chi connectivity index (χ1v) is 14.3. The van der Waals surface area contributed by atoms with Gasteiger partial charge in [0.2, 0.25) is 5.88 Å². The maximum absolute atomic E-state index is 13.5. The molecule has 2 aliphatic rings. The smallest absolute Gasteiger partial charge is 0.263 e. The van der Waals surface area contributed by atoms with Crippen LogP contribution in [-0.4, -0.2) is 72.4 Å². The molecule has 3 heterocycles. The van der Waals surface area contributed by atoms with Gasteiger partial charge in [0, 0.05) is 49.1 Å². The van der Waals surface area contributed by atoms with Crippen LogP contribution in [-0.2, 0) is 11.3 Å². The van der Waals surface area contributed by atoms with Crippen LogP contribution in [0.5, 0.6) is 5.88 Å². The van der Waals surface area contributed by atoms with Gasteiger partial charge in [0.05, 0.1) is 26.3 Å². The molecule has 222 valence electrons. The van der Waals surface area contributed by atoms with Crippen LogP contribution in [0.1, 0.15) is 52.1 Å². The summed E-state index contributed by atoms with van der Waals surface area (Å²) in [5.74, 6) is -0.596. The lowest BCUT2D eigenvalue weighted by Gasteiger charge is -2.34. The van der Waals surface area contributed by atoms with E-state index >= 15 is 0 Å². The van der Waals surface area contributed by atoms with Gasteiger partial charge in [-0.15, -0.1) is 0 Å². The van der Waals surface area contributed by atoms with E-state index in [4.69, 9.17) is 21.1 Å². The predicted octanol–water partition coefficient (Wildman–Crippen LogP) is 4.08. The maximum Gasteiger partial charge on any atom is 0.263 e. The molecule has 10 nitrogen and oxygen atoms in total. The molecule has 1 aromatic carbocycles. The number of methoxy groups -OCH3 is 1. The number of ether oxygens (including phenoxy) is 2. The fourth-order valence-corrected chi connectivity index (χ4v) is 4.96. The fourth-order valence-electron chi connectivity index (χ4n) is 4.79. The first-order valence-electron chi connectivity index (χ1n) is 13.9. The van der Waals surface area contributed by atoms with Gasteiger partial charge in [0.15, 0.2) is 0 Å². The maximum atomic E-state index is 13.5. The van der Waals surface area contributed by atoms with Crippen LogP contribution in [0.15, 0.2) is 47.4 Å². The molecule has 2 fully saturated rings. The molecule has 2 amide bonds. The minimum Gasteiger partial charge on any atom is -0.478 e. The van der Waals surface area contributed by atoms with E-state index in [1.54, 1.807) is 55.1 Å². The Bertz CT molecular complexity index is 1540. The van der Waals surface area contributed by atoms with Crippen LogP contribution in [0.2, 0.25) is 5.02 Å². The molecule has 0 radical (unpaired) electrons. The van der Waals surface area contributed by atoms with Crippen LogP contribution < -0.4 is 20.9 Å². The molecule has 3 aromatic rings. The molecule has 1 aliphatic carbocycles. The summed E-state index contributed by atoms with van der Waals surface area (Å²) < 4.78 is 25.9. The van der Waals surface area contributed by atoms with Gasteiger partial charge in [-0.2, -0.15) is 4.98 Å². The highest BCUT2D eigenvalue weighted by molar-refractivity contribution is 6.31. The Morgan fingerprint density at radius 2 is 1.93 bits per heavy atom. The number of carbonyl (C=O) groups excluding carboxylic acids is 2. The molecule has 12 heteroatoms. The van der Waals surface area contributed by atoms with Crippen LogP contribution in [0.25, 0.3) is 11.1 Å². The number of halogens is 2. The third-order valence-corrected chi connectivity index (χ3v) is 7.31. The Hall–Kier alpha value is -3.80. The molecule has 2 N–H and O–H groups in total. The van der Waals surface area contributed by atoms with Crippen LogP contribution in [0, 0.1) is 0 Å². The molecule has 0 spiro atoms. The number of nitrogens with zero attached hydrogens (tertiary/aromatic N) is 3. The van der Waals surface area contributed by atoms with Crippen molar-refractivity contribution in [2.24, 2.45) is 0 Å². The number of anilines is 1. The molecular weight excluding hydrogens is 565 g/mol. The molecule has 0 atom stereocenters. The van der Waals surface area contributed by atoms with Crippen molar-refractivity contribution in [2.75, 3.05) is 45.3 Å². The number of benzene rings is 1. The quantitative estimate of drug-likeness (QED) is 0.302. The summed E-state index contributed by atoms with van der Waals surface area (Å²) in [4.78, 5) is 45.8. The number of hydrogen-bond donors (Lipinski definition) is 2. The molecule has 1 saturated heterocycles. The highest BCUT2D eigenvalue weighted by atomic mass is 35.5. The Morgan fingerprint density at radius 3 is 2.62 bits per heavy atom. The fraction of sp³-hybridized carbons (Fsp3) is 0.400. The predicted molar refractivity (Wildman–Crippen MR) is 157 cm³/mol. The molecule has 0 unspecified atom stereocenters. The summed E-state index contributed by atoms with van der Waals surface area (Å²) in [7, 11) is 1.62. The van der Waals surface area contributed by atoms with E-state index in [1.807, 2.05) is 0 Å². The Balaban J connectivity index is 1.47. The average Bonchev–Trinajstić information content (AvgIpc) is 3.79. The lowest BCUT2D eigenvalue weighted by atomic mass is 9.98. The summed E-state index contributed by atoms with van der Waals surface area (Å²) in [6, 6.07) is 9.79. The summed E-state index contributed by atoms with van der Waals surface area (Å²) >= 11 is 6.23. The molecule has 1 saturated carbocycles. The van der Waals surface area contributed by atoms with E-state index in [-0.39, 0.29) is 47.9 Å². The zero-order valence-electron chi connectivity index (χ0n) is 23.5. The van der Waals surface area contributed by atoms with Crippen LogP contribution in [0.3, 0.4) is 0 Å². The van der Waals surface area contributed by atoms with Gasteiger partial charge in [-0.25, -0.2) is 4.39 Å². The van der Waals surface area contributed by atoms with Gasteiger partial charge >= 0.3 is 0 Å². The number of rotatable bonds is 12. The second-order valence-electron chi connectivity index (χ2n) is 10.3. The normalized spacial score (nSPS) is 14.9. The van der Waals surface area contributed by atoms with Crippen molar-refractivity contribution in [3.63, 3.8) is 0 Å². The number of likely N-dealkylation sites (tertiary alicyclic amines) is 1. The summed E-state index contributed by atoms with van der Waals surface area (Å²) in [6.45, 7) is 3.78. The topological polar surface area (TPSA) is 115 Å². The summed E-state index contributed by atoms with van der Waals surface area (Å²) in [5.41, 5.74) is 1.77. The third kappa shape index (κ3) is 6.80. The first kappa shape index (κ1) is 29.7. The second kappa shape index (κ2) is 13.0. The van der Waals surface area contributed by atoms with Crippen molar-refractivity contribution in [2.45, 2.75) is 38.5 Å². The van der Waals surface area contributed by atoms with Crippen LogP contribution in [0.4, 0.5) is 10.2 Å². The zero-order valence-corrected chi connectivity index (χ0v) is 24.2. The van der Waals surface area contributed by atoms with E-state index < -0.39 is 12.1 Å². The van der Waals surface area contributed by atoms with E-state index in [2.05, 4.69) is 15.6 Å². The van der Waals surface area contributed by atoms with Gasteiger partial charge in [-0.05, 0) is 60.7 Å². The first-order chi connectivity index (χ1) is 20.3. The van der Waals surface area contributed by atoms with Gasteiger partial charge in [-0.3, -0.25) is 14.4 Å². The average molecular weight is 598 g/mol.